The van der Waals surface area contributed by atoms with Gasteiger partial charge in [-0.05, 0) is 44.9 Å². The highest BCUT2D eigenvalue weighted by Crippen LogP contribution is 2.17. The molecular formula is C60H114O6. The fourth-order valence-electron chi connectivity index (χ4n) is 9.03. The first-order chi connectivity index (χ1) is 32.5. The molecule has 0 N–H and O–H groups in total. The molecule has 0 aliphatic carbocycles. The zero-order chi connectivity index (χ0) is 47.9. The summed E-state index contributed by atoms with van der Waals surface area (Å²) in [4.78, 5) is 37.6. The molecule has 6 nitrogen and oxygen atoms in total. The molecule has 66 heavy (non-hydrogen) atoms. The number of carbonyl (C=O) groups is 3. The molecule has 0 radical (unpaired) electrons. The summed E-state index contributed by atoms with van der Waals surface area (Å²) in [5.41, 5.74) is 0. The summed E-state index contributed by atoms with van der Waals surface area (Å²) in [6, 6.07) is 0. The maximum Gasteiger partial charge on any atom is 0.306 e. The van der Waals surface area contributed by atoms with E-state index in [1.165, 1.54) is 231 Å². The number of hydrogen-bond acceptors (Lipinski definition) is 6. The Morgan fingerprint density at radius 2 is 0.500 bits per heavy atom. The van der Waals surface area contributed by atoms with Crippen molar-refractivity contribution in [3.63, 3.8) is 0 Å². The highest BCUT2D eigenvalue weighted by Gasteiger charge is 2.19. The summed E-state index contributed by atoms with van der Waals surface area (Å²) in [5.74, 6) is -0.863. The minimum Gasteiger partial charge on any atom is -0.462 e. The van der Waals surface area contributed by atoms with Gasteiger partial charge in [-0.25, -0.2) is 0 Å². The molecule has 6 heteroatoms. The number of ether oxygens (including phenoxy) is 3. The van der Waals surface area contributed by atoms with Crippen molar-refractivity contribution in [3.8, 4) is 0 Å². The standard InChI is InChI=1S/C60H114O6/c1-4-7-10-13-15-17-19-20-21-22-23-24-25-26-27-28-29-30-31-32-33-34-35-36-37-38-39-40-41-43-44-47-50-53-59(62)65-56-57(55-64-58(61)52-49-46-12-9-6-3)66-60(63)54-51-48-45-42-18-16-14-11-8-5-2/h22-23,57H,4-21,24-56H2,1-3H3/b23-22-. The molecule has 0 amide bonds. The molecule has 0 heterocycles. The molecule has 0 aromatic rings. The second-order valence-corrected chi connectivity index (χ2v) is 20.3. The van der Waals surface area contributed by atoms with Gasteiger partial charge in [-0.1, -0.05) is 283 Å². The van der Waals surface area contributed by atoms with Crippen molar-refractivity contribution < 1.29 is 28.6 Å². The van der Waals surface area contributed by atoms with E-state index in [9.17, 15) is 14.4 Å². The van der Waals surface area contributed by atoms with Crippen LogP contribution in [0.5, 0.6) is 0 Å². The Hall–Kier alpha value is -1.85. The average Bonchev–Trinajstić information content (AvgIpc) is 3.31. The quantitative estimate of drug-likeness (QED) is 0.0262. The third kappa shape index (κ3) is 53.1. The number of hydrogen-bond donors (Lipinski definition) is 0. The highest BCUT2D eigenvalue weighted by atomic mass is 16.6. The molecule has 0 rings (SSSR count). The lowest BCUT2D eigenvalue weighted by Crippen LogP contribution is -2.30. The molecule has 0 bridgehead atoms. The van der Waals surface area contributed by atoms with E-state index in [-0.39, 0.29) is 31.1 Å². The van der Waals surface area contributed by atoms with Crippen LogP contribution in [0.3, 0.4) is 0 Å². The third-order valence-electron chi connectivity index (χ3n) is 13.5. The first-order valence-corrected chi connectivity index (χ1v) is 29.7. The summed E-state index contributed by atoms with van der Waals surface area (Å²) in [6.45, 7) is 6.58. The zero-order valence-electron chi connectivity index (χ0n) is 44.7. The summed E-state index contributed by atoms with van der Waals surface area (Å²) >= 11 is 0. The summed E-state index contributed by atoms with van der Waals surface area (Å²) in [7, 11) is 0. The Labute approximate surface area is 411 Å². The van der Waals surface area contributed by atoms with E-state index >= 15 is 0 Å². The first-order valence-electron chi connectivity index (χ1n) is 29.7. The summed E-state index contributed by atoms with van der Waals surface area (Å²) in [6.07, 6.45) is 64.4. The van der Waals surface area contributed by atoms with E-state index in [1.54, 1.807) is 0 Å². The smallest absolute Gasteiger partial charge is 0.306 e. The molecule has 0 saturated heterocycles. The van der Waals surface area contributed by atoms with E-state index in [0.717, 1.165) is 64.2 Å². The fraction of sp³-hybridized carbons (Fsp3) is 0.917. The average molecular weight is 932 g/mol. The minimum absolute atomic E-state index is 0.0648. The second-order valence-electron chi connectivity index (χ2n) is 20.3. The van der Waals surface area contributed by atoms with Crippen LogP contribution in [0, 0.1) is 0 Å². The van der Waals surface area contributed by atoms with E-state index in [4.69, 9.17) is 14.2 Å². The van der Waals surface area contributed by atoms with Gasteiger partial charge >= 0.3 is 17.9 Å². The maximum absolute atomic E-state index is 12.7. The Balaban J connectivity index is 3.79. The van der Waals surface area contributed by atoms with Gasteiger partial charge in [-0.15, -0.1) is 0 Å². The normalized spacial score (nSPS) is 12.0. The molecule has 0 aromatic heterocycles. The van der Waals surface area contributed by atoms with Gasteiger partial charge in [0.2, 0.25) is 0 Å². The lowest BCUT2D eigenvalue weighted by molar-refractivity contribution is -0.167. The summed E-state index contributed by atoms with van der Waals surface area (Å²) in [5, 5.41) is 0. The molecule has 1 unspecified atom stereocenters. The van der Waals surface area contributed by atoms with Crippen LogP contribution in [0.15, 0.2) is 12.2 Å². The molecule has 0 fully saturated rings. The SMILES string of the molecule is CCCCCCCCCC/C=C\CCCCCCCCCCCCCCCCCCCCCCCC(=O)OCC(COC(=O)CCCCCCC)OC(=O)CCCCCCCCCCCC. The number of rotatable bonds is 55. The molecular weight excluding hydrogens is 817 g/mol. The first kappa shape index (κ1) is 64.2. The van der Waals surface area contributed by atoms with E-state index in [1.807, 2.05) is 0 Å². The predicted molar refractivity (Wildman–Crippen MR) is 284 cm³/mol. The highest BCUT2D eigenvalue weighted by molar-refractivity contribution is 5.71. The van der Waals surface area contributed by atoms with Crippen LogP contribution in [-0.4, -0.2) is 37.2 Å². The molecule has 0 saturated carbocycles. The van der Waals surface area contributed by atoms with Crippen LogP contribution in [0.4, 0.5) is 0 Å². The largest absolute Gasteiger partial charge is 0.462 e. The van der Waals surface area contributed by atoms with Crippen LogP contribution in [0.1, 0.15) is 335 Å². The van der Waals surface area contributed by atoms with Crippen LogP contribution < -0.4 is 0 Å². The molecule has 0 aromatic carbocycles. The van der Waals surface area contributed by atoms with Crippen molar-refractivity contribution in [1.29, 1.82) is 0 Å². The van der Waals surface area contributed by atoms with E-state index in [2.05, 4.69) is 32.9 Å². The van der Waals surface area contributed by atoms with Gasteiger partial charge in [-0.2, -0.15) is 0 Å². The van der Waals surface area contributed by atoms with Gasteiger partial charge in [0.25, 0.3) is 0 Å². The van der Waals surface area contributed by atoms with Gasteiger partial charge < -0.3 is 14.2 Å². The van der Waals surface area contributed by atoms with Crippen molar-refractivity contribution in [3.05, 3.63) is 12.2 Å². The van der Waals surface area contributed by atoms with Gasteiger partial charge in [0.1, 0.15) is 13.2 Å². The molecule has 1 atom stereocenters. The lowest BCUT2D eigenvalue weighted by Gasteiger charge is -2.18. The Morgan fingerprint density at radius 1 is 0.288 bits per heavy atom. The van der Waals surface area contributed by atoms with Crippen LogP contribution in [-0.2, 0) is 28.6 Å². The number of esters is 3. The number of allylic oxidation sites excluding steroid dienone is 2. The van der Waals surface area contributed by atoms with Gasteiger partial charge in [0.05, 0.1) is 0 Å². The topological polar surface area (TPSA) is 78.9 Å². The summed E-state index contributed by atoms with van der Waals surface area (Å²) < 4.78 is 16.7. The molecule has 0 spiro atoms. The fourth-order valence-corrected chi connectivity index (χ4v) is 9.03. The van der Waals surface area contributed by atoms with Crippen LogP contribution in [0.25, 0.3) is 0 Å². The van der Waals surface area contributed by atoms with Gasteiger partial charge in [0, 0.05) is 19.3 Å². The minimum atomic E-state index is -0.759. The Kier molecular flexibility index (Phi) is 54.2. The third-order valence-corrected chi connectivity index (χ3v) is 13.5. The Morgan fingerprint density at radius 3 is 0.758 bits per heavy atom. The van der Waals surface area contributed by atoms with Crippen molar-refractivity contribution in [2.24, 2.45) is 0 Å². The van der Waals surface area contributed by atoms with Crippen molar-refractivity contribution in [2.75, 3.05) is 13.2 Å². The maximum atomic E-state index is 12.7. The van der Waals surface area contributed by atoms with Crippen LogP contribution in [0.2, 0.25) is 0 Å². The number of carbonyl (C=O) groups excluding carboxylic acids is 3. The Bertz CT molecular complexity index is 1020. The molecule has 390 valence electrons. The lowest BCUT2D eigenvalue weighted by atomic mass is 10.0. The van der Waals surface area contributed by atoms with Crippen molar-refractivity contribution in [1.82, 2.24) is 0 Å². The molecule has 0 aliphatic heterocycles. The van der Waals surface area contributed by atoms with E-state index < -0.39 is 6.10 Å². The monoisotopic (exact) mass is 931 g/mol. The predicted octanol–water partition coefficient (Wildman–Crippen LogP) is 19.7. The zero-order valence-corrected chi connectivity index (χ0v) is 44.7. The van der Waals surface area contributed by atoms with E-state index in [0.29, 0.717) is 19.3 Å². The van der Waals surface area contributed by atoms with Crippen LogP contribution >= 0.6 is 0 Å². The van der Waals surface area contributed by atoms with Crippen molar-refractivity contribution >= 4 is 17.9 Å². The van der Waals surface area contributed by atoms with Gasteiger partial charge in [-0.3, -0.25) is 14.4 Å². The number of unbranched alkanes of at least 4 members (excludes halogenated alkanes) is 42. The van der Waals surface area contributed by atoms with Gasteiger partial charge in [0.15, 0.2) is 6.10 Å². The molecule has 0 aliphatic rings. The second kappa shape index (κ2) is 55.7. The van der Waals surface area contributed by atoms with Crippen molar-refractivity contribution in [2.45, 2.75) is 341 Å².